The summed E-state index contributed by atoms with van der Waals surface area (Å²) in [7, 11) is 0. The summed E-state index contributed by atoms with van der Waals surface area (Å²) < 4.78 is 0. The molecule has 1 unspecified atom stereocenters. The van der Waals surface area contributed by atoms with E-state index in [0.29, 0.717) is 0 Å². The third-order valence-corrected chi connectivity index (χ3v) is 4.14. The van der Waals surface area contributed by atoms with Crippen LogP contribution < -0.4 is 5.32 Å². The second-order valence-electron chi connectivity index (χ2n) is 5.30. The number of rotatable bonds is 3. The van der Waals surface area contributed by atoms with E-state index in [1.807, 2.05) is 0 Å². The van der Waals surface area contributed by atoms with Crippen LogP contribution in [0.15, 0.2) is 0 Å². The van der Waals surface area contributed by atoms with Crippen LogP contribution in [-0.4, -0.2) is 37.1 Å². The van der Waals surface area contributed by atoms with E-state index in [4.69, 9.17) is 0 Å². The largest absolute Gasteiger partial charge is 0.313 e. The molecule has 2 heteroatoms. The Balaban J connectivity index is 1.72. The van der Waals surface area contributed by atoms with Crippen LogP contribution in [0.3, 0.4) is 0 Å². The van der Waals surface area contributed by atoms with Crippen LogP contribution in [-0.2, 0) is 0 Å². The summed E-state index contributed by atoms with van der Waals surface area (Å²) in [5, 5.41) is 3.64. The summed E-state index contributed by atoms with van der Waals surface area (Å²) in [5.41, 5.74) is 0. The third-order valence-electron chi connectivity index (χ3n) is 4.14. The lowest BCUT2D eigenvalue weighted by atomic mass is 10.1. The maximum absolute atomic E-state index is 3.64. The Labute approximate surface area is 94.4 Å². The van der Waals surface area contributed by atoms with Gasteiger partial charge in [0, 0.05) is 25.7 Å². The average Bonchev–Trinajstić information content (AvgIpc) is 2.64. The van der Waals surface area contributed by atoms with E-state index in [9.17, 15) is 0 Å². The number of nitrogens with one attached hydrogen (secondary N) is 1. The lowest BCUT2D eigenvalue weighted by Crippen LogP contribution is -2.32. The second kappa shape index (κ2) is 5.86. The molecule has 2 rings (SSSR count). The van der Waals surface area contributed by atoms with Gasteiger partial charge < -0.3 is 10.2 Å². The minimum atomic E-state index is 0.776. The molecular formula is C13H26N2. The average molecular weight is 210 g/mol. The smallest absolute Gasteiger partial charge is 0.0107 e. The van der Waals surface area contributed by atoms with Crippen molar-refractivity contribution in [3.63, 3.8) is 0 Å². The van der Waals surface area contributed by atoms with Gasteiger partial charge in [0.15, 0.2) is 0 Å². The SMILES string of the molecule is CCC1CCN(CC2CCCC2)CCN1. The maximum atomic E-state index is 3.64. The van der Waals surface area contributed by atoms with Gasteiger partial charge >= 0.3 is 0 Å². The molecule has 15 heavy (non-hydrogen) atoms. The predicted octanol–water partition coefficient (Wildman–Crippen LogP) is 2.25. The van der Waals surface area contributed by atoms with Crippen LogP contribution in [0.1, 0.15) is 45.4 Å². The zero-order chi connectivity index (χ0) is 10.5. The molecule has 0 aromatic carbocycles. The first-order chi connectivity index (χ1) is 7.38. The number of nitrogens with zero attached hydrogens (tertiary/aromatic N) is 1. The Bertz CT molecular complexity index is 175. The summed E-state index contributed by atoms with van der Waals surface area (Å²) in [6.07, 6.45) is 8.57. The second-order valence-corrected chi connectivity index (χ2v) is 5.30. The van der Waals surface area contributed by atoms with Crippen LogP contribution in [0.4, 0.5) is 0 Å². The predicted molar refractivity (Wildman–Crippen MR) is 65.1 cm³/mol. The third kappa shape index (κ3) is 3.46. The molecule has 2 nitrogen and oxygen atoms in total. The quantitative estimate of drug-likeness (QED) is 0.768. The summed E-state index contributed by atoms with van der Waals surface area (Å²) in [6.45, 7) is 7.46. The van der Waals surface area contributed by atoms with Crippen molar-refractivity contribution in [1.29, 1.82) is 0 Å². The van der Waals surface area contributed by atoms with Crippen LogP contribution in [0.2, 0.25) is 0 Å². The van der Waals surface area contributed by atoms with Crippen molar-refractivity contribution in [3.05, 3.63) is 0 Å². The van der Waals surface area contributed by atoms with Crippen molar-refractivity contribution in [2.75, 3.05) is 26.2 Å². The molecule has 0 spiro atoms. The van der Waals surface area contributed by atoms with Gasteiger partial charge in [0.1, 0.15) is 0 Å². The van der Waals surface area contributed by atoms with Gasteiger partial charge in [-0.25, -0.2) is 0 Å². The molecule has 88 valence electrons. The van der Waals surface area contributed by atoms with Crippen LogP contribution >= 0.6 is 0 Å². The molecule has 0 amide bonds. The van der Waals surface area contributed by atoms with E-state index in [1.165, 1.54) is 64.7 Å². The zero-order valence-electron chi connectivity index (χ0n) is 10.2. The fraction of sp³-hybridized carbons (Fsp3) is 1.00. The lowest BCUT2D eigenvalue weighted by molar-refractivity contribution is 0.244. The van der Waals surface area contributed by atoms with Crippen LogP contribution in [0.5, 0.6) is 0 Å². The van der Waals surface area contributed by atoms with Crippen molar-refractivity contribution in [2.24, 2.45) is 5.92 Å². The molecule has 0 bridgehead atoms. The molecule has 1 heterocycles. The first-order valence-electron chi connectivity index (χ1n) is 6.84. The molecule has 1 aliphatic heterocycles. The molecule has 0 aromatic heterocycles. The standard InChI is InChI=1S/C13H26N2/c1-2-13-7-9-15(10-8-14-13)11-12-5-3-4-6-12/h12-14H,2-11H2,1H3. The van der Waals surface area contributed by atoms with Crippen molar-refractivity contribution >= 4 is 0 Å². The van der Waals surface area contributed by atoms with Gasteiger partial charge in [0.05, 0.1) is 0 Å². The van der Waals surface area contributed by atoms with Crippen molar-refractivity contribution in [3.8, 4) is 0 Å². The molecule has 0 radical (unpaired) electrons. The van der Waals surface area contributed by atoms with Gasteiger partial charge in [-0.05, 0) is 38.1 Å². The molecule has 1 N–H and O–H groups in total. The fourth-order valence-electron chi connectivity index (χ4n) is 3.07. The molecular weight excluding hydrogens is 184 g/mol. The normalized spacial score (nSPS) is 30.6. The molecule has 1 saturated carbocycles. The Morgan fingerprint density at radius 3 is 2.67 bits per heavy atom. The highest BCUT2D eigenvalue weighted by molar-refractivity contribution is 4.77. The number of hydrogen-bond acceptors (Lipinski definition) is 2. The molecule has 1 aliphatic carbocycles. The lowest BCUT2D eigenvalue weighted by Gasteiger charge is -2.23. The highest BCUT2D eigenvalue weighted by Gasteiger charge is 2.20. The molecule has 2 aliphatic rings. The van der Waals surface area contributed by atoms with Crippen LogP contribution in [0.25, 0.3) is 0 Å². The molecule has 1 atom stereocenters. The van der Waals surface area contributed by atoms with E-state index in [0.717, 1.165) is 12.0 Å². The Kier molecular flexibility index (Phi) is 4.45. The maximum Gasteiger partial charge on any atom is 0.0107 e. The summed E-state index contributed by atoms with van der Waals surface area (Å²) >= 11 is 0. The summed E-state index contributed by atoms with van der Waals surface area (Å²) in [5.74, 6) is 1.02. The minimum absolute atomic E-state index is 0.776. The van der Waals surface area contributed by atoms with E-state index in [-0.39, 0.29) is 0 Å². The Morgan fingerprint density at radius 2 is 1.93 bits per heavy atom. The van der Waals surface area contributed by atoms with E-state index >= 15 is 0 Å². The van der Waals surface area contributed by atoms with E-state index in [2.05, 4.69) is 17.1 Å². The van der Waals surface area contributed by atoms with E-state index < -0.39 is 0 Å². The molecule has 0 aromatic rings. The zero-order valence-corrected chi connectivity index (χ0v) is 10.2. The Morgan fingerprint density at radius 1 is 1.13 bits per heavy atom. The highest BCUT2D eigenvalue weighted by Crippen LogP contribution is 2.25. The minimum Gasteiger partial charge on any atom is -0.313 e. The first-order valence-corrected chi connectivity index (χ1v) is 6.84. The summed E-state index contributed by atoms with van der Waals surface area (Å²) in [6, 6.07) is 0.776. The summed E-state index contributed by atoms with van der Waals surface area (Å²) in [4.78, 5) is 2.69. The fourth-order valence-corrected chi connectivity index (χ4v) is 3.07. The topological polar surface area (TPSA) is 15.3 Å². The monoisotopic (exact) mass is 210 g/mol. The van der Waals surface area contributed by atoms with E-state index in [1.54, 1.807) is 0 Å². The van der Waals surface area contributed by atoms with Crippen molar-refractivity contribution in [1.82, 2.24) is 10.2 Å². The van der Waals surface area contributed by atoms with Gasteiger partial charge in [-0.15, -0.1) is 0 Å². The van der Waals surface area contributed by atoms with Crippen LogP contribution in [0, 0.1) is 5.92 Å². The highest BCUT2D eigenvalue weighted by atomic mass is 15.2. The Hall–Kier alpha value is -0.0800. The molecule has 2 fully saturated rings. The van der Waals surface area contributed by atoms with Crippen molar-refractivity contribution < 1.29 is 0 Å². The van der Waals surface area contributed by atoms with Gasteiger partial charge in [0.25, 0.3) is 0 Å². The van der Waals surface area contributed by atoms with Crippen molar-refractivity contribution in [2.45, 2.75) is 51.5 Å². The first kappa shape index (κ1) is 11.4. The van der Waals surface area contributed by atoms with Gasteiger partial charge in [-0.2, -0.15) is 0 Å². The number of hydrogen-bond donors (Lipinski definition) is 1. The molecule has 1 saturated heterocycles. The van der Waals surface area contributed by atoms with Gasteiger partial charge in [-0.3, -0.25) is 0 Å². The van der Waals surface area contributed by atoms with Gasteiger partial charge in [-0.1, -0.05) is 19.8 Å². The van der Waals surface area contributed by atoms with Gasteiger partial charge in [0.2, 0.25) is 0 Å².